The minimum atomic E-state index is -0.671. The van der Waals surface area contributed by atoms with Gasteiger partial charge in [0.05, 0.1) is 0 Å². The van der Waals surface area contributed by atoms with E-state index in [1.807, 2.05) is 32.0 Å². The first kappa shape index (κ1) is 20.2. The number of anilines is 1. The van der Waals surface area contributed by atoms with Gasteiger partial charge in [-0.1, -0.05) is 44.2 Å². The topological polar surface area (TPSA) is 81.7 Å². The number of amides is 1. The number of carbonyl (C=O) groups excluding carboxylic acids is 3. The third-order valence-electron chi connectivity index (χ3n) is 3.82. The standard InChI is InChI=1S/C21H23NO5/c1-14(2)18-9-4-5-10-19(18)22-20(24)12-27-21(25)13-26-17-8-6-7-16(11-17)15(3)23/h4-11,14H,12-13H2,1-3H3,(H,22,24). The number of para-hydroxylation sites is 1. The van der Waals surface area contributed by atoms with E-state index in [0.717, 1.165) is 5.56 Å². The van der Waals surface area contributed by atoms with Gasteiger partial charge >= 0.3 is 5.97 Å². The van der Waals surface area contributed by atoms with E-state index in [0.29, 0.717) is 17.0 Å². The van der Waals surface area contributed by atoms with Crippen LogP contribution < -0.4 is 10.1 Å². The number of hydrogen-bond acceptors (Lipinski definition) is 5. The van der Waals surface area contributed by atoms with Crippen molar-refractivity contribution in [2.24, 2.45) is 0 Å². The van der Waals surface area contributed by atoms with Crippen molar-refractivity contribution < 1.29 is 23.9 Å². The van der Waals surface area contributed by atoms with Crippen molar-refractivity contribution in [2.45, 2.75) is 26.7 Å². The molecule has 0 heterocycles. The molecular formula is C21H23NO5. The molecule has 0 spiro atoms. The molecule has 6 nitrogen and oxygen atoms in total. The quantitative estimate of drug-likeness (QED) is 0.568. The van der Waals surface area contributed by atoms with E-state index in [2.05, 4.69) is 5.32 Å². The van der Waals surface area contributed by atoms with E-state index < -0.39 is 18.5 Å². The Morgan fingerprint density at radius 3 is 2.44 bits per heavy atom. The smallest absolute Gasteiger partial charge is 0.344 e. The zero-order valence-corrected chi connectivity index (χ0v) is 15.7. The van der Waals surface area contributed by atoms with Crippen LogP contribution in [0.15, 0.2) is 48.5 Å². The molecule has 2 aromatic rings. The fraction of sp³-hybridized carbons (Fsp3) is 0.286. The van der Waals surface area contributed by atoms with Crippen molar-refractivity contribution in [3.8, 4) is 5.75 Å². The van der Waals surface area contributed by atoms with Gasteiger partial charge in [0, 0.05) is 11.3 Å². The first-order valence-electron chi connectivity index (χ1n) is 8.65. The molecule has 6 heteroatoms. The van der Waals surface area contributed by atoms with Gasteiger partial charge in [0.2, 0.25) is 0 Å². The van der Waals surface area contributed by atoms with Gasteiger partial charge in [-0.3, -0.25) is 9.59 Å². The predicted molar refractivity (Wildman–Crippen MR) is 102 cm³/mol. The summed E-state index contributed by atoms with van der Waals surface area (Å²) in [6, 6.07) is 14.0. The number of ketones is 1. The Morgan fingerprint density at radius 1 is 1.00 bits per heavy atom. The summed E-state index contributed by atoms with van der Waals surface area (Å²) in [5.41, 5.74) is 2.20. The summed E-state index contributed by atoms with van der Waals surface area (Å²) >= 11 is 0. The van der Waals surface area contributed by atoms with E-state index in [4.69, 9.17) is 9.47 Å². The maximum absolute atomic E-state index is 12.0. The molecular weight excluding hydrogens is 346 g/mol. The predicted octanol–water partition coefficient (Wildman–Crippen LogP) is 3.57. The van der Waals surface area contributed by atoms with Crippen LogP contribution >= 0.6 is 0 Å². The van der Waals surface area contributed by atoms with Gasteiger partial charge in [-0.15, -0.1) is 0 Å². The average Bonchev–Trinajstić information content (AvgIpc) is 2.65. The monoisotopic (exact) mass is 369 g/mol. The lowest BCUT2D eigenvalue weighted by atomic mass is 10.0. The Balaban J connectivity index is 1.81. The molecule has 0 fully saturated rings. The van der Waals surface area contributed by atoms with Crippen LogP contribution in [0, 0.1) is 0 Å². The molecule has 1 N–H and O–H groups in total. The molecule has 0 aromatic heterocycles. The fourth-order valence-electron chi connectivity index (χ4n) is 2.44. The Kier molecular flexibility index (Phi) is 7.11. The Morgan fingerprint density at radius 2 is 1.74 bits per heavy atom. The van der Waals surface area contributed by atoms with Crippen molar-refractivity contribution in [1.82, 2.24) is 0 Å². The minimum absolute atomic E-state index is 0.0959. The van der Waals surface area contributed by atoms with E-state index >= 15 is 0 Å². The molecule has 1 amide bonds. The lowest BCUT2D eigenvalue weighted by Crippen LogP contribution is -2.24. The molecule has 0 aliphatic carbocycles. The van der Waals surface area contributed by atoms with Gasteiger partial charge in [0.25, 0.3) is 5.91 Å². The molecule has 2 aromatic carbocycles. The molecule has 142 valence electrons. The summed E-state index contributed by atoms with van der Waals surface area (Å²) in [6.07, 6.45) is 0. The van der Waals surface area contributed by atoms with Crippen molar-refractivity contribution in [3.05, 3.63) is 59.7 Å². The summed E-state index contributed by atoms with van der Waals surface area (Å²) in [4.78, 5) is 35.1. The Bertz CT molecular complexity index is 829. The second-order valence-corrected chi connectivity index (χ2v) is 6.32. The first-order valence-corrected chi connectivity index (χ1v) is 8.65. The number of esters is 1. The van der Waals surface area contributed by atoms with Gasteiger partial charge in [-0.25, -0.2) is 4.79 Å². The summed E-state index contributed by atoms with van der Waals surface area (Å²) in [5.74, 6) is -0.551. The van der Waals surface area contributed by atoms with Gasteiger partial charge in [0.1, 0.15) is 5.75 Å². The molecule has 0 unspecified atom stereocenters. The zero-order chi connectivity index (χ0) is 19.8. The van der Waals surface area contributed by atoms with E-state index in [1.54, 1.807) is 30.3 Å². The lowest BCUT2D eigenvalue weighted by Gasteiger charge is -2.13. The van der Waals surface area contributed by atoms with Crippen LogP contribution in [0.3, 0.4) is 0 Å². The summed E-state index contributed by atoms with van der Waals surface area (Å²) in [5, 5.41) is 2.75. The highest BCUT2D eigenvalue weighted by Crippen LogP contribution is 2.23. The van der Waals surface area contributed by atoms with Gasteiger partial charge in [-0.2, -0.15) is 0 Å². The summed E-state index contributed by atoms with van der Waals surface area (Å²) in [6.45, 7) is 4.76. The normalized spacial score (nSPS) is 10.4. The molecule has 0 aliphatic rings. The van der Waals surface area contributed by atoms with Crippen LogP contribution in [-0.2, 0) is 14.3 Å². The minimum Gasteiger partial charge on any atom is -0.482 e. The maximum Gasteiger partial charge on any atom is 0.344 e. The zero-order valence-electron chi connectivity index (χ0n) is 15.7. The number of Topliss-reactive ketones (excluding diaryl/α,β-unsaturated/α-hetero) is 1. The highest BCUT2D eigenvalue weighted by molar-refractivity contribution is 5.94. The molecule has 0 atom stereocenters. The molecule has 2 rings (SSSR count). The number of carbonyl (C=O) groups is 3. The van der Waals surface area contributed by atoms with E-state index in [9.17, 15) is 14.4 Å². The number of rotatable bonds is 8. The van der Waals surface area contributed by atoms with Crippen LogP contribution in [0.4, 0.5) is 5.69 Å². The van der Waals surface area contributed by atoms with Gasteiger partial charge in [0.15, 0.2) is 19.0 Å². The van der Waals surface area contributed by atoms with Crippen molar-refractivity contribution in [2.75, 3.05) is 18.5 Å². The van der Waals surface area contributed by atoms with Crippen LogP contribution in [0.5, 0.6) is 5.75 Å². The third kappa shape index (κ3) is 6.26. The molecule has 0 saturated carbocycles. The third-order valence-corrected chi connectivity index (χ3v) is 3.82. The Hall–Kier alpha value is -3.15. The summed E-state index contributed by atoms with van der Waals surface area (Å²) < 4.78 is 10.2. The van der Waals surface area contributed by atoms with Crippen molar-refractivity contribution in [3.63, 3.8) is 0 Å². The molecule has 0 radical (unpaired) electrons. The fourth-order valence-corrected chi connectivity index (χ4v) is 2.44. The van der Waals surface area contributed by atoms with Gasteiger partial charge < -0.3 is 14.8 Å². The van der Waals surface area contributed by atoms with Gasteiger partial charge in [-0.05, 0) is 36.6 Å². The SMILES string of the molecule is CC(=O)c1cccc(OCC(=O)OCC(=O)Nc2ccccc2C(C)C)c1. The van der Waals surface area contributed by atoms with Crippen molar-refractivity contribution in [1.29, 1.82) is 0 Å². The Labute approximate surface area is 158 Å². The average molecular weight is 369 g/mol. The largest absolute Gasteiger partial charge is 0.482 e. The molecule has 0 bridgehead atoms. The highest BCUT2D eigenvalue weighted by atomic mass is 16.6. The molecule has 0 saturated heterocycles. The number of ether oxygens (including phenoxy) is 2. The van der Waals surface area contributed by atoms with E-state index in [1.165, 1.54) is 6.92 Å². The van der Waals surface area contributed by atoms with Crippen LogP contribution in [0.25, 0.3) is 0 Å². The van der Waals surface area contributed by atoms with Crippen LogP contribution in [0.2, 0.25) is 0 Å². The molecule has 0 aliphatic heterocycles. The second kappa shape index (κ2) is 9.52. The number of benzene rings is 2. The van der Waals surface area contributed by atoms with Crippen LogP contribution in [0.1, 0.15) is 42.6 Å². The van der Waals surface area contributed by atoms with E-state index in [-0.39, 0.29) is 18.3 Å². The number of hydrogen-bond donors (Lipinski definition) is 1. The first-order chi connectivity index (χ1) is 12.9. The van der Waals surface area contributed by atoms with Crippen molar-refractivity contribution >= 4 is 23.3 Å². The number of nitrogens with one attached hydrogen (secondary N) is 1. The molecule has 27 heavy (non-hydrogen) atoms. The maximum atomic E-state index is 12.0. The van der Waals surface area contributed by atoms with Crippen LogP contribution in [-0.4, -0.2) is 30.9 Å². The highest BCUT2D eigenvalue weighted by Gasteiger charge is 2.12. The summed E-state index contributed by atoms with van der Waals surface area (Å²) in [7, 11) is 0. The second-order valence-electron chi connectivity index (χ2n) is 6.32. The lowest BCUT2D eigenvalue weighted by molar-refractivity contribution is -0.149.